The van der Waals surface area contributed by atoms with Gasteiger partial charge in [0.2, 0.25) is 11.8 Å². The average molecular weight is 960 g/mol. The number of nitrogens with two attached hydrogens (primary N) is 1. The van der Waals surface area contributed by atoms with Gasteiger partial charge in [0.15, 0.2) is 0 Å². The van der Waals surface area contributed by atoms with E-state index in [9.17, 15) is 46.6 Å². The van der Waals surface area contributed by atoms with E-state index in [0.29, 0.717) is 30.8 Å². The fourth-order valence-electron chi connectivity index (χ4n) is 6.16. The number of benzene rings is 2. The monoisotopic (exact) mass is 959 g/mol. The predicted molar refractivity (Wildman–Crippen MR) is 237 cm³/mol. The van der Waals surface area contributed by atoms with Gasteiger partial charge in [-0.25, -0.2) is 23.2 Å². The van der Waals surface area contributed by atoms with Crippen LogP contribution >= 0.6 is 11.8 Å². The molecule has 0 aliphatic rings. The number of alkyl halides is 3. The van der Waals surface area contributed by atoms with Crippen molar-refractivity contribution in [2.45, 2.75) is 96.6 Å². The Hall–Kier alpha value is -5.48. The van der Waals surface area contributed by atoms with Crippen molar-refractivity contribution in [2.75, 3.05) is 31.2 Å². The molecular formula is C43H58F5N5O10SSi. The molecule has 2 aromatic carbocycles. The van der Waals surface area contributed by atoms with Crippen molar-refractivity contribution >= 4 is 55.7 Å². The zero-order valence-corrected chi connectivity index (χ0v) is 38.9. The lowest BCUT2D eigenvalue weighted by atomic mass is 9.83. The second-order valence-electron chi connectivity index (χ2n) is 17.2. The molecule has 1 aromatic heterocycles. The first-order valence-corrected chi connectivity index (χ1v) is 25.2. The van der Waals surface area contributed by atoms with Gasteiger partial charge in [-0.05, 0) is 54.1 Å². The molecule has 22 heteroatoms. The number of nitrogens with one attached hydrogen (secondary N) is 2. The fraction of sp³-hybridized carbons (Fsp3) is 0.488. The van der Waals surface area contributed by atoms with E-state index in [1.54, 1.807) is 17.2 Å². The molecule has 0 bridgehead atoms. The second-order valence-corrected chi connectivity index (χ2v) is 23.9. The Labute approximate surface area is 379 Å². The highest BCUT2D eigenvalue weighted by molar-refractivity contribution is 8.00. The molecular weight excluding hydrogens is 902 g/mol. The van der Waals surface area contributed by atoms with E-state index in [1.165, 1.54) is 0 Å². The molecule has 360 valence electrons. The van der Waals surface area contributed by atoms with E-state index >= 15 is 4.39 Å². The van der Waals surface area contributed by atoms with Crippen molar-refractivity contribution in [1.29, 1.82) is 0 Å². The first-order chi connectivity index (χ1) is 30.1. The number of carboxylic acids is 3. The van der Waals surface area contributed by atoms with Crippen molar-refractivity contribution < 1.29 is 70.8 Å². The number of amides is 3. The van der Waals surface area contributed by atoms with Crippen LogP contribution in [-0.4, -0.2) is 118 Å². The number of rotatable bonds is 22. The largest absolute Gasteiger partial charge is 0.490 e. The van der Waals surface area contributed by atoms with E-state index in [-0.39, 0.29) is 48.9 Å². The summed E-state index contributed by atoms with van der Waals surface area (Å²) in [6, 6.07) is 12.0. The summed E-state index contributed by atoms with van der Waals surface area (Å²) in [5.41, 5.74) is 7.15. The number of nitrogens with zero attached hydrogens (tertiary/aromatic N) is 2. The minimum Gasteiger partial charge on any atom is -0.481 e. The average Bonchev–Trinajstić information content (AvgIpc) is 3.59. The lowest BCUT2D eigenvalue weighted by Gasteiger charge is -2.41. The number of hydrogen-bond acceptors (Lipinski definition) is 9. The van der Waals surface area contributed by atoms with Crippen LogP contribution in [0.5, 0.6) is 0 Å². The first-order valence-electron chi connectivity index (χ1n) is 20.4. The van der Waals surface area contributed by atoms with Crippen LogP contribution in [0.2, 0.25) is 25.7 Å². The van der Waals surface area contributed by atoms with E-state index in [4.69, 9.17) is 25.5 Å². The molecule has 0 fully saturated rings. The molecule has 3 aromatic rings. The van der Waals surface area contributed by atoms with Gasteiger partial charge in [0, 0.05) is 62.9 Å². The van der Waals surface area contributed by atoms with Crippen LogP contribution in [0.3, 0.4) is 0 Å². The molecule has 0 aliphatic heterocycles. The predicted octanol–water partition coefficient (Wildman–Crippen LogP) is 6.98. The highest BCUT2D eigenvalue weighted by Crippen LogP contribution is 2.41. The smallest absolute Gasteiger partial charge is 0.481 e. The summed E-state index contributed by atoms with van der Waals surface area (Å²) in [7, 11) is -1.42. The summed E-state index contributed by atoms with van der Waals surface area (Å²) in [6.07, 6.45) is -4.16. The molecule has 0 saturated heterocycles. The number of alkyl carbamates (subject to hydrolysis) is 1. The van der Waals surface area contributed by atoms with Crippen LogP contribution in [-0.2, 0) is 35.3 Å². The summed E-state index contributed by atoms with van der Waals surface area (Å²) < 4.78 is 68.7. The molecule has 0 spiro atoms. The standard InChI is InChI=1S/C41H57F2N5O8SSi.C2HF3O2/c1-41(2,3)37(34-21-28(30-22-29(42)13-14-31(30)43)24-47(34)23-27-11-8-7-9-12-27)48(18-10-17-45-40(55)56-19-20-58(4,5)6)35(49)26-57-25-33(39(53)54)46-38(52)32(44)15-16-36(50)51;3-2(4,5)1(6)7/h7-9,11-14,21-22,24,32-33,37H,10,15-20,23,25-26,44H2,1-6H3,(H,45,55)(H,46,52)(H,50,51)(H,53,54);(H,6,7)/t32-,33-,37-;/m0./s1. The minimum absolute atomic E-state index is 0.0513. The number of thioether (sulfide) groups is 1. The van der Waals surface area contributed by atoms with Crippen molar-refractivity contribution in [3.8, 4) is 11.1 Å². The van der Waals surface area contributed by atoms with Crippen LogP contribution in [0.25, 0.3) is 11.1 Å². The van der Waals surface area contributed by atoms with E-state index in [1.807, 2.05) is 55.7 Å². The summed E-state index contributed by atoms with van der Waals surface area (Å²) >= 11 is 0.983. The van der Waals surface area contributed by atoms with Gasteiger partial charge >= 0.3 is 30.2 Å². The summed E-state index contributed by atoms with van der Waals surface area (Å²) in [6.45, 7) is 13.3. The van der Waals surface area contributed by atoms with Crippen LogP contribution in [0.1, 0.15) is 57.3 Å². The maximum Gasteiger partial charge on any atom is 0.490 e. The van der Waals surface area contributed by atoms with Crippen LogP contribution in [0.4, 0.5) is 26.7 Å². The number of carboxylic acid groups (broad SMARTS) is 3. The Balaban J connectivity index is 0.00000191. The normalized spacial score (nSPS) is 13.0. The number of carbonyl (C=O) groups is 6. The molecule has 0 unspecified atom stereocenters. The lowest BCUT2D eigenvalue weighted by Crippen LogP contribution is -2.50. The molecule has 0 radical (unpaired) electrons. The Morgan fingerprint density at radius 3 is 2.14 bits per heavy atom. The molecule has 3 rings (SSSR count). The molecule has 1 heterocycles. The molecule has 0 aliphatic carbocycles. The van der Waals surface area contributed by atoms with Crippen molar-refractivity contribution in [2.24, 2.45) is 11.1 Å². The first kappa shape index (κ1) is 55.6. The maximum atomic E-state index is 15.2. The quantitative estimate of drug-likeness (QED) is 0.0341. The van der Waals surface area contributed by atoms with Crippen LogP contribution in [0.15, 0.2) is 60.8 Å². The van der Waals surface area contributed by atoms with E-state index < -0.39 is 79.3 Å². The summed E-state index contributed by atoms with van der Waals surface area (Å²) in [5, 5.41) is 31.0. The molecule has 0 saturated carbocycles. The number of ether oxygens (including phenoxy) is 1. The van der Waals surface area contributed by atoms with Gasteiger partial charge in [-0.3, -0.25) is 14.4 Å². The van der Waals surface area contributed by atoms with Crippen LogP contribution < -0.4 is 16.4 Å². The second kappa shape index (κ2) is 25.3. The molecule has 3 amide bonds. The van der Waals surface area contributed by atoms with E-state index in [0.717, 1.165) is 41.6 Å². The van der Waals surface area contributed by atoms with Gasteiger partial charge in [-0.15, -0.1) is 11.8 Å². The zero-order chi connectivity index (χ0) is 49.3. The molecule has 3 atom stereocenters. The molecule has 7 N–H and O–H groups in total. The highest BCUT2D eigenvalue weighted by Gasteiger charge is 2.39. The number of aliphatic carboxylic acids is 3. The van der Waals surface area contributed by atoms with Gasteiger partial charge < -0.3 is 45.9 Å². The minimum atomic E-state index is -5.08. The zero-order valence-electron chi connectivity index (χ0n) is 37.0. The van der Waals surface area contributed by atoms with Crippen molar-refractivity contribution in [3.63, 3.8) is 0 Å². The third kappa shape index (κ3) is 20.1. The third-order valence-corrected chi connectivity index (χ3v) is 12.1. The number of aromatic nitrogens is 1. The number of carbonyl (C=O) groups excluding carboxylic acids is 3. The Morgan fingerprint density at radius 2 is 1.58 bits per heavy atom. The third-order valence-electron chi connectivity index (χ3n) is 9.40. The van der Waals surface area contributed by atoms with Gasteiger partial charge in [-0.1, -0.05) is 70.7 Å². The van der Waals surface area contributed by atoms with Crippen molar-refractivity contribution in [3.05, 3.63) is 83.7 Å². The fourth-order valence-corrected chi connectivity index (χ4v) is 7.80. The summed E-state index contributed by atoms with van der Waals surface area (Å²) in [4.78, 5) is 73.1. The maximum absolute atomic E-state index is 15.2. The Bertz CT molecular complexity index is 2080. The van der Waals surface area contributed by atoms with E-state index in [2.05, 4.69) is 30.3 Å². The van der Waals surface area contributed by atoms with Gasteiger partial charge in [0.05, 0.1) is 24.4 Å². The number of halogens is 5. The number of hydrogen-bond donors (Lipinski definition) is 6. The molecule has 15 nitrogen and oxygen atoms in total. The van der Waals surface area contributed by atoms with Crippen molar-refractivity contribution in [1.82, 2.24) is 20.1 Å². The SMILES string of the molecule is CC(C)(C)[C@H](c1cc(-c2cc(F)ccc2F)cn1Cc1ccccc1)N(CCCNC(=O)OCC[Si](C)(C)C)C(=O)CSC[C@H](NC(=O)[C@@H](N)CCC(=O)O)C(=O)O.O=C(O)C(F)(F)F. The van der Waals surface area contributed by atoms with Crippen LogP contribution in [0, 0.1) is 17.0 Å². The van der Waals surface area contributed by atoms with Gasteiger partial charge in [0.25, 0.3) is 0 Å². The highest BCUT2D eigenvalue weighted by atomic mass is 32.2. The van der Waals surface area contributed by atoms with Gasteiger partial charge in [0.1, 0.15) is 17.7 Å². The Kier molecular flexibility index (Phi) is 21.6. The topological polar surface area (TPSA) is 231 Å². The molecule has 65 heavy (non-hydrogen) atoms. The van der Waals surface area contributed by atoms with Gasteiger partial charge in [-0.2, -0.15) is 13.2 Å². The Morgan fingerprint density at radius 1 is 0.954 bits per heavy atom. The lowest BCUT2D eigenvalue weighted by molar-refractivity contribution is -0.192. The summed E-state index contributed by atoms with van der Waals surface area (Å²) in [5.74, 6) is -8.10.